The monoisotopic (exact) mass is 221 g/mol. The Morgan fingerprint density at radius 2 is 2.25 bits per heavy atom. The van der Waals surface area contributed by atoms with Crippen LogP contribution in [-0.2, 0) is 0 Å². The first-order valence-corrected chi connectivity index (χ1v) is 5.43. The van der Waals surface area contributed by atoms with Gasteiger partial charge in [-0.3, -0.25) is 10.1 Å². The largest absolute Gasteiger partial charge is 0.357 e. The Morgan fingerprint density at radius 3 is 2.69 bits per heavy atom. The van der Waals surface area contributed by atoms with Gasteiger partial charge in [0.2, 0.25) is 0 Å². The fraction of sp³-hybridized carbons (Fsp3) is 0.545. The molecule has 0 radical (unpaired) electrons. The van der Waals surface area contributed by atoms with Gasteiger partial charge in [0.25, 0.3) is 5.69 Å². The lowest BCUT2D eigenvalue weighted by atomic mass is 10.2. The Morgan fingerprint density at radius 1 is 1.56 bits per heavy atom. The Balaban J connectivity index is 2.11. The molecule has 1 saturated carbocycles. The Labute approximate surface area is 94.2 Å². The summed E-state index contributed by atoms with van der Waals surface area (Å²) in [5, 5.41) is 10.5. The highest BCUT2D eigenvalue weighted by atomic mass is 16.6. The van der Waals surface area contributed by atoms with E-state index < -0.39 is 4.92 Å². The molecule has 0 aromatic carbocycles. The van der Waals surface area contributed by atoms with Crippen LogP contribution in [0.15, 0.2) is 18.3 Å². The van der Waals surface area contributed by atoms with Gasteiger partial charge in [-0.25, -0.2) is 4.98 Å². The van der Waals surface area contributed by atoms with E-state index in [1.165, 1.54) is 25.1 Å². The van der Waals surface area contributed by atoms with Crippen molar-refractivity contribution in [3.63, 3.8) is 0 Å². The van der Waals surface area contributed by atoms with Crippen molar-refractivity contribution in [3.05, 3.63) is 28.4 Å². The third kappa shape index (κ3) is 2.13. The molecule has 1 aliphatic carbocycles. The maximum absolute atomic E-state index is 10.5. The van der Waals surface area contributed by atoms with Gasteiger partial charge in [0.05, 0.1) is 4.92 Å². The summed E-state index contributed by atoms with van der Waals surface area (Å²) in [7, 11) is 1.98. The second-order valence-electron chi connectivity index (χ2n) is 4.32. The van der Waals surface area contributed by atoms with E-state index in [1.54, 1.807) is 6.07 Å². The molecule has 0 bridgehead atoms. The van der Waals surface area contributed by atoms with Crippen molar-refractivity contribution < 1.29 is 4.92 Å². The van der Waals surface area contributed by atoms with Crippen LogP contribution in [0.25, 0.3) is 0 Å². The van der Waals surface area contributed by atoms with Crippen molar-refractivity contribution in [3.8, 4) is 0 Å². The minimum atomic E-state index is -0.429. The summed E-state index contributed by atoms with van der Waals surface area (Å²) in [6, 6.07) is 3.66. The molecule has 1 aliphatic rings. The third-order valence-corrected chi connectivity index (χ3v) is 3.22. The molecule has 0 aliphatic heterocycles. The highest BCUT2D eigenvalue weighted by Gasteiger charge is 2.31. The van der Waals surface area contributed by atoms with Crippen LogP contribution in [0, 0.1) is 16.0 Å². The van der Waals surface area contributed by atoms with Crippen molar-refractivity contribution in [2.45, 2.75) is 25.8 Å². The summed E-state index contributed by atoms with van der Waals surface area (Å²) in [6.07, 6.45) is 3.86. The van der Waals surface area contributed by atoms with E-state index in [4.69, 9.17) is 0 Å². The summed E-state index contributed by atoms with van der Waals surface area (Å²) >= 11 is 0. The number of hydrogen-bond donors (Lipinski definition) is 0. The van der Waals surface area contributed by atoms with Gasteiger partial charge in [0.1, 0.15) is 12.0 Å². The minimum Gasteiger partial charge on any atom is -0.357 e. The van der Waals surface area contributed by atoms with Crippen LogP contribution >= 0.6 is 0 Å². The first-order valence-electron chi connectivity index (χ1n) is 5.43. The van der Waals surface area contributed by atoms with Gasteiger partial charge < -0.3 is 4.90 Å². The molecule has 1 atom stereocenters. The van der Waals surface area contributed by atoms with E-state index in [1.807, 2.05) is 7.05 Å². The summed E-state index contributed by atoms with van der Waals surface area (Å²) in [6.45, 7) is 2.17. The predicted molar refractivity (Wildman–Crippen MR) is 61.5 cm³/mol. The first-order chi connectivity index (χ1) is 7.59. The zero-order valence-electron chi connectivity index (χ0n) is 9.46. The maximum Gasteiger partial charge on any atom is 0.287 e. The number of rotatable bonds is 4. The van der Waals surface area contributed by atoms with Crippen molar-refractivity contribution in [1.82, 2.24) is 4.98 Å². The lowest BCUT2D eigenvalue weighted by Crippen LogP contribution is -2.31. The molecule has 1 aromatic rings. The maximum atomic E-state index is 10.5. The standard InChI is InChI=1S/C11H15N3O2/c1-8(9-3-4-9)13(2)11-6-5-10(7-12-11)14(15)16/h5-9H,3-4H2,1-2H3. The van der Waals surface area contributed by atoms with Crippen LogP contribution in [0.5, 0.6) is 0 Å². The average molecular weight is 221 g/mol. The highest BCUT2D eigenvalue weighted by Crippen LogP contribution is 2.35. The highest BCUT2D eigenvalue weighted by molar-refractivity contribution is 5.43. The summed E-state index contributed by atoms with van der Waals surface area (Å²) in [5.74, 6) is 1.55. The summed E-state index contributed by atoms with van der Waals surface area (Å²) < 4.78 is 0. The van der Waals surface area contributed by atoms with Crippen LogP contribution in [0.4, 0.5) is 11.5 Å². The SMILES string of the molecule is CC(C1CC1)N(C)c1ccc([N+](=O)[O-])cn1. The molecule has 86 valence electrons. The zero-order valence-corrected chi connectivity index (χ0v) is 9.46. The molecule has 5 nitrogen and oxygen atoms in total. The molecule has 0 N–H and O–H groups in total. The second kappa shape index (κ2) is 4.08. The smallest absolute Gasteiger partial charge is 0.287 e. The van der Waals surface area contributed by atoms with Crippen LogP contribution < -0.4 is 4.90 Å². The van der Waals surface area contributed by atoms with Crippen LogP contribution in [0.1, 0.15) is 19.8 Å². The molecule has 5 heteroatoms. The fourth-order valence-corrected chi connectivity index (χ4v) is 1.80. The van der Waals surface area contributed by atoms with E-state index in [0.29, 0.717) is 6.04 Å². The molecule has 16 heavy (non-hydrogen) atoms. The number of hydrogen-bond acceptors (Lipinski definition) is 4. The first kappa shape index (κ1) is 10.9. The normalized spacial score (nSPS) is 16.9. The molecule has 0 amide bonds. The predicted octanol–water partition coefficient (Wildman–Crippen LogP) is 2.22. The molecule has 1 heterocycles. The molecule has 1 unspecified atom stereocenters. The molecule has 0 saturated heterocycles. The van der Waals surface area contributed by atoms with Crippen molar-refractivity contribution >= 4 is 11.5 Å². The van der Waals surface area contributed by atoms with Crippen LogP contribution in [-0.4, -0.2) is 23.0 Å². The zero-order chi connectivity index (χ0) is 11.7. The van der Waals surface area contributed by atoms with Gasteiger partial charge in [-0.05, 0) is 31.7 Å². The van der Waals surface area contributed by atoms with Crippen molar-refractivity contribution in [1.29, 1.82) is 0 Å². The van der Waals surface area contributed by atoms with E-state index >= 15 is 0 Å². The third-order valence-electron chi connectivity index (χ3n) is 3.22. The van der Waals surface area contributed by atoms with Gasteiger partial charge >= 0.3 is 0 Å². The number of nitro groups is 1. The average Bonchev–Trinajstić information content (AvgIpc) is 3.11. The Hall–Kier alpha value is -1.65. The van der Waals surface area contributed by atoms with E-state index in [2.05, 4.69) is 16.8 Å². The van der Waals surface area contributed by atoms with E-state index in [0.717, 1.165) is 11.7 Å². The number of aromatic nitrogens is 1. The van der Waals surface area contributed by atoms with Gasteiger partial charge in [-0.15, -0.1) is 0 Å². The summed E-state index contributed by atoms with van der Waals surface area (Å²) in [4.78, 5) is 16.3. The Bertz CT molecular complexity index is 387. The molecule has 1 aromatic heterocycles. The fourth-order valence-electron chi connectivity index (χ4n) is 1.80. The van der Waals surface area contributed by atoms with Gasteiger partial charge in [0.15, 0.2) is 0 Å². The number of nitrogens with zero attached hydrogens (tertiary/aromatic N) is 3. The number of pyridine rings is 1. The minimum absolute atomic E-state index is 0.0382. The number of anilines is 1. The molecule has 1 fully saturated rings. The van der Waals surface area contributed by atoms with Crippen LogP contribution in [0.2, 0.25) is 0 Å². The lowest BCUT2D eigenvalue weighted by Gasteiger charge is -2.25. The Kier molecular flexibility index (Phi) is 2.77. The lowest BCUT2D eigenvalue weighted by molar-refractivity contribution is -0.385. The van der Waals surface area contributed by atoms with Crippen LogP contribution in [0.3, 0.4) is 0 Å². The second-order valence-corrected chi connectivity index (χ2v) is 4.32. The quantitative estimate of drug-likeness (QED) is 0.577. The van der Waals surface area contributed by atoms with E-state index in [9.17, 15) is 10.1 Å². The van der Waals surface area contributed by atoms with Gasteiger partial charge in [-0.2, -0.15) is 0 Å². The van der Waals surface area contributed by atoms with Gasteiger partial charge in [0, 0.05) is 19.2 Å². The molecule has 2 rings (SSSR count). The molecular formula is C11H15N3O2. The van der Waals surface area contributed by atoms with Crippen molar-refractivity contribution in [2.24, 2.45) is 5.92 Å². The molecule has 0 spiro atoms. The van der Waals surface area contributed by atoms with Gasteiger partial charge in [-0.1, -0.05) is 0 Å². The topological polar surface area (TPSA) is 59.3 Å². The van der Waals surface area contributed by atoms with E-state index in [-0.39, 0.29) is 5.69 Å². The summed E-state index contributed by atoms with van der Waals surface area (Å²) in [5.41, 5.74) is 0.0382. The van der Waals surface area contributed by atoms with Crippen molar-refractivity contribution in [2.75, 3.05) is 11.9 Å². The molecular weight excluding hydrogens is 206 g/mol.